The van der Waals surface area contributed by atoms with E-state index in [0.717, 1.165) is 17.7 Å². The zero-order valence-corrected chi connectivity index (χ0v) is 23.2. The maximum absolute atomic E-state index is 11.0. The second-order valence-electron chi connectivity index (χ2n) is 11.4. The molecule has 0 saturated heterocycles. The maximum atomic E-state index is 11.0. The van der Waals surface area contributed by atoms with Crippen LogP contribution in [0.3, 0.4) is 0 Å². The van der Waals surface area contributed by atoms with Gasteiger partial charge in [-0.1, -0.05) is 98.3 Å². The third kappa shape index (κ3) is 8.95. The van der Waals surface area contributed by atoms with Crippen LogP contribution in [0, 0.1) is 0 Å². The molecule has 3 nitrogen and oxygen atoms in total. The lowest BCUT2D eigenvalue weighted by Gasteiger charge is -2.28. The van der Waals surface area contributed by atoms with Crippen molar-refractivity contribution < 1.29 is 14.9 Å². The third-order valence-electron chi connectivity index (χ3n) is 7.46. The summed E-state index contributed by atoms with van der Waals surface area (Å²) in [5.41, 5.74) is 3.54. The van der Waals surface area contributed by atoms with Crippen molar-refractivity contribution in [3.63, 3.8) is 0 Å². The minimum atomic E-state index is -0.666. The SMILES string of the molecule is CCCCCC(C)(C)c1ccc(Oc2ccc(C(C)(C)CCCCC)cc2C(O)CCCO)cc1. The van der Waals surface area contributed by atoms with E-state index in [0.29, 0.717) is 18.6 Å². The summed E-state index contributed by atoms with van der Waals surface area (Å²) in [7, 11) is 0. The van der Waals surface area contributed by atoms with E-state index in [2.05, 4.69) is 65.8 Å². The minimum Gasteiger partial charge on any atom is -0.457 e. The average molecular weight is 483 g/mol. The van der Waals surface area contributed by atoms with E-state index >= 15 is 0 Å². The molecule has 0 bridgehead atoms. The van der Waals surface area contributed by atoms with Crippen molar-refractivity contribution in [1.29, 1.82) is 0 Å². The molecule has 0 aromatic heterocycles. The molecule has 1 unspecified atom stereocenters. The van der Waals surface area contributed by atoms with E-state index in [4.69, 9.17) is 4.74 Å². The summed E-state index contributed by atoms with van der Waals surface area (Å²) in [4.78, 5) is 0. The summed E-state index contributed by atoms with van der Waals surface area (Å²) < 4.78 is 6.32. The van der Waals surface area contributed by atoms with Crippen LogP contribution in [0.5, 0.6) is 11.5 Å². The molecule has 0 spiro atoms. The Bertz CT molecular complexity index is 867. The summed E-state index contributed by atoms with van der Waals surface area (Å²) in [6, 6.07) is 14.7. The molecule has 35 heavy (non-hydrogen) atoms. The predicted molar refractivity (Wildman–Crippen MR) is 149 cm³/mol. The van der Waals surface area contributed by atoms with Crippen molar-refractivity contribution in [3.8, 4) is 11.5 Å². The van der Waals surface area contributed by atoms with Gasteiger partial charge in [-0.05, 0) is 71.9 Å². The van der Waals surface area contributed by atoms with Crippen LogP contribution in [0.25, 0.3) is 0 Å². The molecule has 0 radical (unpaired) electrons. The van der Waals surface area contributed by atoms with Gasteiger partial charge in [0.25, 0.3) is 0 Å². The van der Waals surface area contributed by atoms with Crippen LogP contribution >= 0.6 is 0 Å². The highest BCUT2D eigenvalue weighted by Crippen LogP contribution is 2.38. The van der Waals surface area contributed by atoms with Crippen LogP contribution in [-0.4, -0.2) is 16.8 Å². The second-order valence-corrected chi connectivity index (χ2v) is 11.4. The second kappa shape index (κ2) is 14.0. The summed E-state index contributed by atoms with van der Waals surface area (Å²) >= 11 is 0. The first-order chi connectivity index (χ1) is 16.6. The highest BCUT2D eigenvalue weighted by molar-refractivity contribution is 5.44. The Morgan fingerprint density at radius 2 is 1.29 bits per heavy atom. The summed E-state index contributed by atoms with van der Waals surface area (Å²) in [6.45, 7) is 13.7. The minimum absolute atomic E-state index is 0.0319. The van der Waals surface area contributed by atoms with E-state index < -0.39 is 6.10 Å². The van der Waals surface area contributed by atoms with E-state index in [-0.39, 0.29) is 17.4 Å². The molecule has 2 aromatic carbocycles. The van der Waals surface area contributed by atoms with Crippen molar-refractivity contribution in [2.24, 2.45) is 0 Å². The number of ether oxygens (including phenoxy) is 1. The lowest BCUT2D eigenvalue weighted by atomic mass is 9.79. The number of aliphatic hydroxyl groups is 2. The molecular formula is C32H50O3. The largest absolute Gasteiger partial charge is 0.457 e. The van der Waals surface area contributed by atoms with Crippen molar-refractivity contribution in [2.45, 2.75) is 123 Å². The molecule has 0 fully saturated rings. The first kappa shape index (κ1) is 29.4. The smallest absolute Gasteiger partial charge is 0.133 e. The van der Waals surface area contributed by atoms with Gasteiger partial charge < -0.3 is 14.9 Å². The fraction of sp³-hybridized carbons (Fsp3) is 0.625. The van der Waals surface area contributed by atoms with Crippen molar-refractivity contribution in [3.05, 3.63) is 59.2 Å². The Morgan fingerprint density at radius 3 is 1.83 bits per heavy atom. The fourth-order valence-electron chi connectivity index (χ4n) is 4.79. The molecule has 1 atom stereocenters. The van der Waals surface area contributed by atoms with E-state index in [1.54, 1.807) is 0 Å². The summed E-state index contributed by atoms with van der Waals surface area (Å²) in [5, 5.41) is 20.3. The van der Waals surface area contributed by atoms with Gasteiger partial charge in [-0.2, -0.15) is 0 Å². The van der Waals surface area contributed by atoms with Gasteiger partial charge in [-0.3, -0.25) is 0 Å². The van der Waals surface area contributed by atoms with Crippen molar-refractivity contribution >= 4 is 0 Å². The standard InChI is InChI=1S/C32H50O3/c1-7-9-11-21-31(3,4)25-15-18-27(19-16-25)35-30-20-17-26(32(5,6)22-12-10-8-2)24-28(30)29(34)14-13-23-33/h15-20,24,29,33-34H,7-14,21-23H2,1-6H3. The molecule has 196 valence electrons. The lowest BCUT2D eigenvalue weighted by Crippen LogP contribution is -2.18. The number of hydrogen-bond acceptors (Lipinski definition) is 3. The number of benzene rings is 2. The molecule has 0 aliphatic heterocycles. The van der Waals surface area contributed by atoms with Crippen LogP contribution in [-0.2, 0) is 10.8 Å². The van der Waals surface area contributed by atoms with Crippen molar-refractivity contribution in [2.75, 3.05) is 6.61 Å². The fourth-order valence-corrected chi connectivity index (χ4v) is 4.79. The van der Waals surface area contributed by atoms with E-state index in [9.17, 15) is 10.2 Å². The Balaban J connectivity index is 2.26. The monoisotopic (exact) mass is 482 g/mol. The Labute approximate surface area is 214 Å². The first-order valence-electron chi connectivity index (χ1n) is 13.9. The van der Waals surface area contributed by atoms with Gasteiger partial charge >= 0.3 is 0 Å². The molecule has 0 heterocycles. The van der Waals surface area contributed by atoms with E-state index in [1.165, 1.54) is 56.1 Å². The lowest BCUT2D eigenvalue weighted by molar-refractivity contribution is 0.149. The number of aliphatic hydroxyl groups excluding tert-OH is 2. The first-order valence-corrected chi connectivity index (χ1v) is 13.9. The normalized spacial score (nSPS) is 13.1. The summed E-state index contributed by atoms with van der Waals surface area (Å²) in [5.74, 6) is 1.47. The quantitative estimate of drug-likeness (QED) is 0.235. The van der Waals surface area contributed by atoms with Gasteiger partial charge in [0.2, 0.25) is 0 Å². The molecule has 0 amide bonds. The predicted octanol–water partition coefficient (Wildman–Crippen LogP) is 9.00. The molecule has 0 aliphatic rings. The molecule has 2 rings (SSSR count). The molecule has 3 heteroatoms. The van der Waals surface area contributed by atoms with Gasteiger partial charge in [0, 0.05) is 12.2 Å². The van der Waals surface area contributed by atoms with E-state index in [1.807, 2.05) is 18.2 Å². The molecule has 2 aromatic rings. The maximum Gasteiger partial charge on any atom is 0.133 e. The highest BCUT2D eigenvalue weighted by atomic mass is 16.5. The number of hydrogen-bond donors (Lipinski definition) is 2. The summed E-state index contributed by atoms with van der Waals surface area (Å²) in [6.07, 6.45) is 10.1. The van der Waals surface area contributed by atoms with Gasteiger partial charge in [-0.25, -0.2) is 0 Å². The van der Waals surface area contributed by atoms with Crippen molar-refractivity contribution in [1.82, 2.24) is 0 Å². The Kier molecular flexibility index (Phi) is 11.8. The number of unbranched alkanes of at least 4 members (excludes halogenated alkanes) is 4. The van der Waals surface area contributed by atoms with Gasteiger partial charge in [0.05, 0.1) is 6.10 Å². The van der Waals surface area contributed by atoms with Crippen LogP contribution in [0.1, 0.15) is 129 Å². The van der Waals surface area contributed by atoms with Gasteiger partial charge in [-0.15, -0.1) is 0 Å². The molecule has 2 N–H and O–H groups in total. The van der Waals surface area contributed by atoms with Crippen LogP contribution in [0.15, 0.2) is 42.5 Å². The zero-order valence-electron chi connectivity index (χ0n) is 23.2. The number of rotatable bonds is 16. The Hall–Kier alpha value is -1.84. The average Bonchev–Trinajstić information content (AvgIpc) is 2.83. The topological polar surface area (TPSA) is 49.7 Å². The van der Waals surface area contributed by atoms with Crippen LogP contribution in [0.2, 0.25) is 0 Å². The highest BCUT2D eigenvalue weighted by Gasteiger charge is 2.24. The van der Waals surface area contributed by atoms with Crippen LogP contribution in [0.4, 0.5) is 0 Å². The molecule has 0 saturated carbocycles. The zero-order chi connectivity index (χ0) is 25.9. The van der Waals surface area contributed by atoms with Gasteiger partial charge in [0.1, 0.15) is 11.5 Å². The van der Waals surface area contributed by atoms with Gasteiger partial charge in [0.15, 0.2) is 0 Å². The Morgan fingerprint density at radius 1 is 0.743 bits per heavy atom. The van der Waals surface area contributed by atoms with Crippen LogP contribution < -0.4 is 4.74 Å². The molecular weight excluding hydrogens is 432 g/mol. The molecule has 0 aliphatic carbocycles. The third-order valence-corrected chi connectivity index (χ3v) is 7.46.